The lowest BCUT2D eigenvalue weighted by Crippen LogP contribution is -2.26. The molecule has 4 atom stereocenters. The van der Waals surface area contributed by atoms with Gasteiger partial charge >= 0.3 is 5.97 Å². The molecule has 4 unspecified atom stereocenters. The van der Waals surface area contributed by atoms with Gasteiger partial charge in [-0.1, -0.05) is 147 Å². The molecular formula is C84H108N8O14S4. The summed E-state index contributed by atoms with van der Waals surface area (Å²) in [6.45, 7) is 14.6. The van der Waals surface area contributed by atoms with Crippen LogP contribution in [-0.2, 0) is 63.9 Å². The number of ether oxygens (including phenoxy) is 3. The van der Waals surface area contributed by atoms with E-state index in [0.717, 1.165) is 157 Å². The molecule has 5 N–H and O–H groups in total. The number of carbonyl (C=O) groups excluding carboxylic acids is 2. The van der Waals surface area contributed by atoms with Gasteiger partial charge in [0, 0.05) is 54.9 Å². The fourth-order valence-corrected chi connectivity index (χ4v) is 20.4. The van der Waals surface area contributed by atoms with E-state index < -0.39 is 40.1 Å². The van der Waals surface area contributed by atoms with Crippen LogP contribution in [0.2, 0.25) is 0 Å². The number of hydrogen-bond acceptors (Lipinski definition) is 18. The topological polar surface area (TPSA) is 280 Å². The summed E-state index contributed by atoms with van der Waals surface area (Å²) >= 11 is 0. The second-order valence-corrected chi connectivity index (χ2v) is 35.7. The molecular weight excluding hydrogens is 1470 g/mol. The van der Waals surface area contributed by atoms with Crippen molar-refractivity contribution in [2.75, 3.05) is 105 Å². The number of benzene rings is 8. The maximum atomic E-state index is 13.3. The van der Waals surface area contributed by atoms with Crippen LogP contribution in [0.25, 0.3) is 0 Å². The maximum Gasteiger partial charge on any atom is 0.305 e. The van der Waals surface area contributed by atoms with Crippen molar-refractivity contribution in [3.63, 3.8) is 0 Å². The van der Waals surface area contributed by atoms with Crippen LogP contribution in [0, 0.1) is 27.7 Å². The first-order valence-electron chi connectivity index (χ1n) is 37.7. The normalized spacial score (nSPS) is 17.6. The average molecular weight is 1580 g/mol. The van der Waals surface area contributed by atoms with E-state index >= 15 is 0 Å². The number of hydrogen-bond donors (Lipinski definition) is 5. The van der Waals surface area contributed by atoms with Crippen LogP contribution in [-0.4, -0.2) is 139 Å². The molecule has 0 amide bonds. The van der Waals surface area contributed by atoms with Crippen molar-refractivity contribution >= 4 is 75.3 Å². The monoisotopic (exact) mass is 1580 g/mol. The zero-order valence-corrected chi connectivity index (χ0v) is 68.1. The Morgan fingerprint density at radius 1 is 0.391 bits per heavy atom. The van der Waals surface area contributed by atoms with Gasteiger partial charge in [0.25, 0.3) is 46.6 Å². The van der Waals surface area contributed by atoms with Gasteiger partial charge in [0.1, 0.15) is 0 Å². The quantitative estimate of drug-likeness (QED) is 0.0173. The molecule has 0 bridgehead atoms. The Morgan fingerprint density at radius 3 is 0.982 bits per heavy atom. The fourth-order valence-electron chi connectivity index (χ4n) is 14.3. The molecule has 22 nitrogen and oxygen atoms in total. The summed E-state index contributed by atoms with van der Waals surface area (Å²) in [5, 5.41) is 23.1. The van der Waals surface area contributed by atoms with E-state index in [1.54, 1.807) is 59.6 Å². The molecule has 8 aromatic rings. The number of unbranched alkanes of at least 4 members (excludes halogenated alkanes) is 7. The highest BCUT2D eigenvalue weighted by Gasteiger charge is 2.39. The van der Waals surface area contributed by atoms with E-state index in [0.29, 0.717) is 81.6 Å². The molecule has 26 heteroatoms. The molecule has 592 valence electrons. The van der Waals surface area contributed by atoms with Crippen LogP contribution in [0.3, 0.4) is 0 Å². The number of aryl methyl sites for hydroxylation is 4. The first kappa shape index (κ1) is 85.5. The van der Waals surface area contributed by atoms with Gasteiger partial charge in [-0.3, -0.25) is 26.8 Å². The summed E-state index contributed by atoms with van der Waals surface area (Å²) in [5.41, 5.74) is 13.4. The number of rotatable bonds is 28. The first-order chi connectivity index (χ1) is 52.7. The standard InChI is InChI=1S/C24H32N2O4S.C22H28N2O4S.2C19H24N2O3S/c1-4-30-23(27)13-7-5-6-10-16-25-24-19-11-8-9-12-21(19)26(3)31(28,29)22-17-18(2)14-15-20(22)24;1-17-11-12-19-21(15-17)29(26,27)24(2)20-10-6-5-9-18(20)22(19)23-13-7-3-4-8-14-28-16-25;1-14-9-10-16-18(13-14)25(22,23)21(2)17-8-5-4-7-15(17)19(16)20-11-6-12-24-3;1-14-9-10-16-18(13-14)25(23,24)21(2)17-8-4-3-7-15(17)19(16)20-11-5-6-12-22/h8-9,11-12,14-15,17,24-25H,4-7,10,13,16H2,1-3H3;5-6,9-12,15-16,22-23H,3-4,7-8,13-14H2,1-2H3;4-5,7-10,13,19-20H,6,11-12H2,1-3H3;3-4,7-10,13,19-20,22H,5-6,11-12H2,1-2H3. The summed E-state index contributed by atoms with van der Waals surface area (Å²) in [7, 11) is -6.32. The molecule has 8 aromatic carbocycles. The van der Waals surface area contributed by atoms with Gasteiger partial charge in [0.15, 0.2) is 0 Å². The molecule has 12 rings (SSSR count). The largest absolute Gasteiger partial charge is 0.468 e. The van der Waals surface area contributed by atoms with Crippen molar-refractivity contribution in [3.05, 3.63) is 237 Å². The number of sulfonamides is 4. The zero-order valence-electron chi connectivity index (χ0n) is 64.9. The van der Waals surface area contributed by atoms with Gasteiger partial charge in [-0.25, -0.2) is 33.7 Å². The van der Waals surface area contributed by atoms with Crippen molar-refractivity contribution in [2.45, 2.75) is 155 Å². The third-order valence-electron chi connectivity index (χ3n) is 20.2. The summed E-state index contributed by atoms with van der Waals surface area (Å²) in [4.78, 5) is 23.0. The number of anilines is 4. The van der Waals surface area contributed by atoms with Gasteiger partial charge < -0.3 is 40.6 Å². The van der Waals surface area contributed by atoms with E-state index in [2.05, 4.69) is 21.3 Å². The number of nitrogens with zero attached hydrogens (tertiary/aromatic N) is 4. The number of carbonyl (C=O) groups is 2. The number of fused-ring (bicyclic) bond motifs is 8. The predicted octanol–water partition coefficient (Wildman–Crippen LogP) is 13.3. The first-order valence-corrected chi connectivity index (χ1v) is 43.5. The number of aliphatic hydroxyl groups is 1. The minimum Gasteiger partial charge on any atom is -0.468 e. The van der Waals surface area contributed by atoms with E-state index in [-0.39, 0.29) is 36.7 Å². The van der Waals surface area contributed by atoms with Crippen LogP contribution in [0.5, 0.6) is 0 Å². The second kappa shape index (κ2) is 39.6. The summed E-state index contributed by atoms with van der Waals surface area (Å²) < 4.78 is 126. The molecule has 110 heavy (non-hydrogen) atoms. The maximum absolute atomic E-state index is 13.3. The third-order valence-corrected chi connectivity index (χ3v) is 27.5. The summed E-state index contributed by atoms with van der Waals surface area (Å²) in [6, 6.07) is 52.3. The number of aliphatic hydroxyl groups excluding tert-OH is 1. The predicted molar refractivity (Wildman–Crippen MR) is 435 cm³/mol. The molecule has 4 aliphatic rings. The Labute approximate surface area is 652 Å². The highest BCUT2D eigenvalue weighted by Crippen LogP contribution is 2.45. The van der Waals surface area contributed by atoms with Gasteiger partial charge in [-0.2, -0.15) is 0 Å². The minimum atomic E-state index is -3.63. The molecule has 0 spiro atoms. The van der Waals surface area contributed by atoms with Gasteiger partial charge in [0.05, 0.1) is 79.7 Å². The molecule has 0 saturated heterocycles. The van der Waals surface area contributed by atoms with Gasteiger partial charge in [-0.05, 0) is 221 Å². The van der Waals surface area contributed by atoms with Crippen LogP contribution >= 0.6 is 0 Å². The van der Waals surface area contributed by atoms with Crippen LogP contribution in [0.4, 0.5) is 22.7 Å². The SMILES string of the molecule is CCOC(=O)CCCCCCNC1c2ccccc2N(C)S(=O)(=O)c2cc(C)ccc21.COCCCNC1c2ccccc2N(C)S(=O)(=O)c2cc(C)ccc21.Cc1ccc2c(c1)S(=O)(=O)N(C)c1ccccc1C2NCCCCCCOC=O.Cc1ccc2c(c1)S(=O)(=O)N(C)c1ccccc1C2NCCCCO. The molecule has 4 aliphatic heterocycles. The lowest BCUT2D eigenvalue weighted by molar-refractivity contribution is -0.143. The Bertz CT molecular complexity index is 4790. The molecule has 0 saturated carbocycles. The van der Waals surface area contributed by atoms with Crippen molar-refractivity contribution in [3.8, 4) is 0 Å². The second-order valence-electron chi connectivity index (χ2n) is 28.0. The highest BCUT2D eigenvalue weighted by molar-refractivity contribution is 7.93. The number of para-hydroxylation sites is 4. The van der Waals surface area contributed by atoms with Crippen molar-refractivity contribution < 1.29 is 62.6 Å². The average Bonchev–Trinajstić information content (AvgIpc) is 1.62. The Hall–Kier alpha value is -8.54. The van der Waals surface area contributed by atoms with E-state index in [1.165, 1.54) is 17.2 Å². The lowest BCUT2D eigenvalue weighted by Gasteiger charge is -2.22. The van der Waals surface area contributed by atoms with Crippen molar-refractivity contribution in [1.29, 1.82) is 0 Å². The van der Waals surface area contributed by atoms with Gasteiger partial charge in [-0.15, -0.1) is 0 Å². The van der Waals surface area contributed by atoms with E-state index in [4.69, 9.17) is 19.3 Å². The number of esters is 1. The van der Waals surface area contributed by atoms with Crippen LogP contribution < -0.4 is 38.5 Å². The Kier molecular flexibility index (Phi) is 30.7. The molecule has 4 heterocycles. The van der Waals surface area contributed by atoms with Crippen molar-refractivity contribution in [2.24, 2.45) is 0 Å². The van der Waals surface area contributed by atoms with E-state index in [1.807, 2.05) is 180 Å². The van der Waals surface area contributed by atoms with E-state index in [9.17, 15) is 43.3 Å². The summed E-state index contributed by atoms with van der Waals surface area (Å²) in [5.74, 6) is -0.132. The van der Waals surface area contributed by atoms with Gasteiger partial charge in [0.2, 0.25) is 0 Å². The van der Waals surface area contributed by atoms with Crippen LogP contribution in [0.15, 0.2) is 189 Å². The molecule has 0 aromatic heterocycles. The fraction of sp³-hybridized carbons (Fsp3) is 0.405. The zero-order chi connectivity index (χ0) is 79.3. The minimum absolute atomic E-state index is 0.132. The third kappa shape index (κ3) is 20.2. The lowest BCUT2D eigenvalue weighted by atomic mass is 9.96. The number of nitrogens with one attached hydrogen (secondary N) is 4. The van der Waals surface area contributed by atoms with Crippen molar-refractivity contribution in [1.82, 2.24) is 21.3 Å². The molecule has 0 radical (unpaired) electrons. The summed E-state index contributed by atoms with van der Waals surface area (Å²) in [6.07, 6.45) is 10.5. The Morgan fingerprint density at radius 2 is 0.682 bits per heavy atom. The Balaban J connectivity index is 0.000000169. The van der Waals surface area contributed by atoms with Crippen LogP contribution in [0.1, 0.15) is 175 Å². The number of methoxy groups -OCH3 is 1. The molecule has 0 aliphatic carbocycles. The smallest absolute Gasteiger partial charge is 0.305 e. The molecule has 0 fully saturated rings. The highest BCUT2D eigenvalue weighted by atomic mass is 32.2.